The third kappa shape index (κ3) is 6.52. The second kappa shape index (κ2) is 11.4. The maximum atomic E-state index is 12.7. The van der Waals surface area contributed by atoms with Crippen LogP contribution in [0.25, 0.3) is 0 Å². The molecule has 6 nitrogen and oxygen atoms in total. The number of nitrogens with zero attached hydrogens (tertiary/aromatic N) is 4. The van der Waals surface area contributed by atoms with E-state index in [1.807, 2.05) is 13.0 Å². The van der Waals surface area contributed by atoms with Gasteiger partial charge in [-0.3, -0.25) is 4.79 Å². The first-order chi connectivity index (χ1) is 15.7. The highest BCUT2D eigenvalue weighted by molar-refractivity contribution is 5.79. The molecule has 3 heterocycles. The number of anilines is 1. The molecule has 1 atom stereocenters. The molecule has 0 saturated carbocycles. The van der Waals surface area contributed by atoms with E-state index in [1.165, 1.54) is 37.9 Å². The number of hydrogen-bond acceptors (Lipinski definition) is 5. The van der Waals surface area contributed by atoms with Crippen molar-refractivity contribution in [1.82, 2.24) is 20.2 Å². The van der Waals surface area contributed by atoms with E-state index in [0.717, 1.165) is 56.5 Å². The standard InChI is InChI=1S/C26H37N5O/c1-21-10-14-28-26(29-21)31-16-5-9-24(20-31)25(32)27-13-6-15-30-17-11-23(12-18-30)19-22-7-3-2-4-8-22/h2-4,7-8,10,14,23-24H,5-6,9,11-13,15-20H2,1H3,(H,27,32)/t24-/m0/s1. The van der Waals surface area contributed by atoms with Crippen molar-refractivity contribution in [1.29, 1.82) is 0 Å². The average molecular weight is 436 g/mol. The van der Waals surface area contributed by atoms with Crippen molar-refractivity contribution in [3.8, 4) is 0 Å². The van der Waals surface area contributed by atoms with Crippen LogP contribution in [0.2, 0.25) is 0 Å². The highest BCUT2D eigenvalue weighted by Gasteiger charge is 2.27. The summed E-state index contributed by atoms with van der Waals surface area (Å²) < 4.78 is 0. The lowest BCUT2D eigenvalue weighted by molar-refractivity contribution is -0.125. The first-order valence-electron chi connectivity index (χ1n) is 12.3. The summed E-state index contributed by atoms with van der Waals surface area (Å²) in [5.74, 6) is 1.77. The van der Waals surface area contributed by atoms with Crippen molar-refractivity contribution < 1.29 is 4.79 Å². The fourth-order valence-electron chi connectivity index (χ4n) is 4.98. The predicted octanol–water partition coefficient (Wildman–Crippen LogP) is 3.46. The largest absolute Gasteiger partial charge is 0.356 e. The monoisotopic (exact) mass is 435 g/mol. The fourth-order valence-corrected chi connectivity index (χ4v) is 4.98. The van der Waals surface area contributed by atoms with E-state index in [-0.39, 0.29) is 11.8 Å². The molecule has 2 aliphatic heterocycles. The summed E-state index contributed by atoms with van der Waals surface area (Å²) >= 11 is 0. The lowest BCUT2D eigenvalue weighted by Gasteiger charge is -2.33. The van der Waals surface area contributed by atoms with E-state index in [4.69, 9.17) is 0 Å². The highest BCUT2D eigenvalue weighted by atomic mass is 16.1. The van der Waals surface area contributed by atoms with Gasteiger partial charge in [-0.15, -0.1) is 0 Å². The van der Waals surface area contributed by atoms with Gasteiger partial charge in [0.1, 0.15) is 0 Å². The van der Waals surface area contributed by atoms with Crippen LogP contribution in [0, 0.1) is 18.8 Å². The third-order valence-electron chi connectivity index (χ3n) is 6.88. The lowest BCUT2D eigenvalue weighted by atomic mass is 9.90. The van der Waals surface area contributed by atoms with Crippen LogP contribution >= 0.6 is 0 Å². The van der Waals surface area contributed by atoms with Crippen LogP contribution in [0.3, 0.4) is 0 Å². The molecule has 0 aliphatic carbocycles. The van der Waals surface area contributed by atoms with E-state index >= 15 is 0 Å². The normalized spacial score (nSPS) is 20.3. The Morgan fingerprint density at radius 2 is 1.91 bits per heavy atom. The minimum Gasteiger partial charge on any atom is -0.356 e. The molecule has 1 N–H and O–H groups in total. The van der Waals surface area contributed by atoms with Crippen molar-refractivity contribution in [2.45, 2.75) is 45.4 Å². The lowest BCUT2D eigenvalue weighted by Crippen LogP contribution is -2.44. The number of piperidine rings is 2. The Morgan fingerprint density at radius 1 is 1.09 bits per heavy atom. The van der Waals surface area contributed by atoms with Crippen LogP contribution in [-0.2, 0) is 11.2 Å². The molecule has 2 fully saturated rings. The van der Waals surface area contributed by atoms with Crippen molar-refractivity contribution in [2.75, 3.05) is 44.2 Å². The van der Waals surface area contributed by atoms with Gasteiger partial charge in [-0.05, 0) is 82.6 Å². The van der Waals surface area contributed by atoms with E-state index < -0.39 is 0 Å². The van der Waals surface area contributed by atoms with Gasteiger partial charge in [0.2, 0.25) is 11.9 Å². The first kappa shape index (κ1) is 22.7. The van der Waals surface area contributed by atoms with Gasteiger partial charge < -0.3 is 15.1 Å². The smallest absolute Gasteiger partial charge is 0.225 e. The Balaban J connectivity index is 1.12. The van der Waals surface area contributed by atoms with Crippen molar-refractivity contribution >= 4 is 11.9 Å². The SMILES string of the molecule is Cc1ccnc(N2CCC[C@H](C(=O)NCCCN3CCC(Cc4ccccc4)CC3)C2)n1. The first-order valence-corrected chi connectivity index (χ1v) is 12.3. The fraction of sp³-hybridized carbons (Fsp3) is 0.577. The van der Waals surface area contributed by atoms with Gasteiger partial charge in [0.25, 0.3) is 0 Å². The van der Waals surface area contributed by atoms with Crippen LogP contribution in [0.5, 0.6) is 0 Å². The van der Waals surface area contributed by atoms with Gasteiger partial charge in [0.15, 0.2) is 0 Å². The third-order valence-corrected chi connectivity index (χ3v) is 6.88. The van der Waals surface area contributed by atoms with Crippen LogP contribution in [-0.4, -0.2) is 60.0 Å². The maximum Gasteiger partial charge on any atom is 0.225 e. The molecule has 32 heavy (non-hydrogen) atoms. The van der Waals surface area contributed by atoms with Gasteiger partial charge >= 0.3 is 0 Å². The number of hydrogen-bond donors (Lipinski definition) is 1. The highest BCUT2D eigenvalue weighted by Crippen LogP contribution is 2.22. The number of amides is 1. The van der Waals surface area contributed by atoms with E-state index in [1.54, 1.807) is 6.20 Å². The van der Waals surface area contributed by atoms with Crippen LogP contribution in [0.15, 0.2) is 42.6 Å². The second-order valence-electron chi connectivity index (χ2n) is 9.40. The van der Waals surface area contributed by atoms with E-state index in [2.05, 4.69) is 55.4 Å². The molecule has 0 radical (unpaired) electrons. The van der Waals surface area contributed by atoms with E-state index in [9.17, 15) is 4.79 Å². The molecule has 2 aromatic rings. The summed E-state index contributed by atoms with van der Waals surface area (Å²) in [5.41, 5.74) is 2.43. The van der Waals surface area contributed by atoms with Crippen molar-refractivity contribution in [3.05, 3.63) is 53.9 Å². The molecule has 2 aliphatic rings. The number of aromatic nitrogens is 2. The second-order valence-corrected chi connectivity index (χ2v) is 9.40. The summed E-state index contributed by atoms with van der Waals surface area (Å²) in [5, 5.41) is 3.18. The minimum atomic E-state index is 0.0293. The predicted molar refractivity (Wildman–Crippen MR) is 129 cm³/mol. The number of carbonyl (C=O) groups excluding carboxylic acids is 1. The number of likely N-dealkylation sites (tertiary alicyclic amines) is 1. The van der Waals surface area contributed by atoms with E-state index in [0.29, 0.717) is 6.54 Å². The Morgan fingerprint density at radius 3 is 2.69 bits per heavy atom. The molecular formula is C26H37N5O. The summed E-state index contributed by atoms with van der Waals surface area (Å²) in [6, 6.07) is 12.8. The molecule has 1 aromatic carbocycles. The zero-order valence-electron chi connectivity index (χ0n) is 19.4. The number of aryl methyl sites for hydroxylation is 1. The molecule has 4 rings (SSSR count). The van der Waals surface area contributed by atoms with Gasteiger partial charge in [-0.1, -0.05) is 30.3 Å². The quantitative estimate of drug-likeness (QED) is 0.644. The summed E-state index contributed by atoms with van der Waals surface area (Å²) in [6.07, 6.45) is 8.53. The Labute approximate surface area is 192 Å². The minimum absolute atomic E-state index is 0.0293. The molecule has 1 amide bonds. The van der Waals surface area contributed by atoms with Crippen LogP contribution in [0.1, 0.15) is 43.4 Å². The van der Waals surface area contributed by atoms with Crippen LogP contribution < -0.4 is 10.2 Å². The molecular weight excluding hydrogens is 398 g/mol. The summed E-state index contributed by atoms with van der Waals surface area (Å²) in [6.45, 7) is 7.81. The van der Waals surface area contributed by atoms with Gasteiger partial charge in [0, 0.05) is 31.5 Å². The zero-order valence-corrected chi connectivity index (χ0v) is 19.4. The summed E-state index contributed by atoms with van der Waals surface area (Å²) in [7, 11) is 0. The van der Waals surface area contributed by atoms with Gasteiger partial charge in [-0.2, -0.15) is 0 Å². The number of rotatable bonds is 8. The molecule has 6 heteroatoms. The molecule has 0 unspecified atom stereocenters. The van der Waals surface area contributed by atoms with Gasteiger partial charge in [0.05, 0.1) is 5.92 Å². The van der Waals surface area contributed by atoms with Crippen LogP contribution in [0.4, 0.5) is 5.95 Å². The Kier molecular flexibility index (Phi) is 8.10. The Bertz CT molecular complexity index is 850. The summed E-state index contributed by atoms with van der Waals surface area (Å²) in [4.78, 5) is 26.3. The Hall–Kier alpha value is -2.47. The van der Waals surface area contributed by atoms with Crippen molar-refractivity contribution in [3.63, 3.8) is 0 Å². The molecule has 0 bridgehead atoms. The topological polar surface area (TPSA) is 61.4 Å². The molecule has 1 aromatic heterocycles. The molecule has 2 saturated heterocycles. The maximum absolute atomic E-state index is 12.7. The number of carbonyl (C=O) groups is 1. The van der Waals surface area contributed by atoms with Crippen molar-refractivity contribution in [2.24, 2.45) is 11.8 Å². The number of benzene rings is 1. The molecule has 172 valence electrons. The number of nitrogens with one attached hydrogen (secondary N) is 1. The zero-order chi connectivity index (χ0) is 22.2. The van der Waals surface area contributed by atoms with Gasteiger partial charge in [-0.25, -0.2) is 9.97 Å². The average Bonchev–Trinajstić information content (AvgIpc) is 2.83. The molecule has 0 spiro atoms.